The summed E-state index contributed by atoms with van der Waals surface area (Å²) < 4.78 is 10.6. The smallest absolute Gasteiger partial charge is 0.161 e. The van der Waals surface area contributed by atoms with Crippen LogP contribution in [-0.4, -0.2) is 14.2 Å². The summed E-state index contributed by atoms with van der Waals surface area (Å²) in [4.78, 5) is 0. The molecule has 0 saturated carbocycles. The lowest BCUT2D eigenvalue weighted by atomic mass is 9.98. The van der Waals surface area contributed by atoms with E-state index in [1.54, 1.807) is 14.2 Å². The predicted octanol–water partition coefficient (Wildman–Crippen LogP) is 2.90. The van der Waals surface area contributed by atoms with Crippen molar-refractivity contribution in [2.24, 2.45) is 0 Å². The molecule has 1 N–H and O–H groups in total. The van der Waals surface area contributed by atoms with E-state index >= 15 is 0 Å². The molecule has 0 amide bonds. The molecule has 1 heterocycles. The highest BCUT2D eigenvalue weighted by Gasteiger charge is 2.23. The third-order valence-corrected chi connectivity index (χ3v) is 3.60. The Bertz CT molecular complexity index is 595. The first kappa shape index (κ1) is 12.1. The molecule has 0 fully saturated rings. The van der Waals surface area contributed by atoms with Crippen LogP contribution >= 0.6 is 0 Å². The third kappa shape index (κ3) is 2.06. The topological polar surface area (TPSA) is 30.5 Å². The van der Waals surface area contributed by atoms with Gasteiger partial charge in [-0.15, -0.1) is 0 Å². The van der Waals surface area contributed by atoms with Crippen LogP contribution in [0.15, 0.2) is 42.5 Å². The molecular weight excluding hydrogens is 238 g/mol. The number of fused-ring (bicyclic) bond motifs is 1. The molecule has 3 heteroatoms. The molecule has 1 aliphatic heterocycles. The summed E-state index contributed by atoms with van der Waals surface area (Å²) in [5, 5.41) is 3.53. The van der Waals surface area contributed by atoms with Crippen molar-refractivity contribution in [3.63, 3.8) is 0 Å². The van der Waals surface area contributed by atoms with Gasteiger partial charge in [0.2, 0.25) is 0 Å². The molecule has 1 atom stereocenters. The molecule has 0 aromatic heterocycles. The second kappa shape index (κ2) is 4.94. The molecular formula is C16H17NO2. The van der Waals surface area contributed by atoms with Gasteiger partial charge in [0.15, 0.2) is 11.5 Å². The minimum absolute atomic E-state index is 0.232. The molecule has 1 unspecified atom stereocenters. The van der Waals surface area contributed by atoms with Gasteiger partial charge in [-0.05, 0) is 28.8 Å². The summed E-state index contributed by atoms with van der Waals surface area (Å²) in [7, 11) is 3.32. The Hall–Kier alpha value is -2.00. The van der Waals surface area contributed by atoms with E-state index in [9.17, 15) is 0 Å². The Morgan fingerprint density at radius 3 is 2.58 bits per heavy atom. The van der Waals surface area contributed by atoms with Crippen LogP contribution in [0.25, 0.3) is 0 Å². The van der Waals surface area contributed by atoms with Crippen molar-refractivity contribution in [2.45, 2.75) is 12.6 Å². The molecule has 0 spiro atoms. The van der Waals surface area contributed by atoms with Crippen LogP contribution in [0, 0.1) is 0 Å². The van der Waals surface area contributed by atoms with E-state index in [0.29, 0.717) is 0 Å². The van der Waals surface area contributed by atoms with Gasteiger partial charge < -0.3 is 14.8 Å². The molecule has 19 heavy (non-hydrogen) atoms. The van der Waals surface area contributed by atoms with E-state index in [0.717, 1.165) is 18.0 Å². The molecule has 2 aromatic carbocycles. The van der Waals surface area contributed by atoms with Crippen molar-refractivity contribution in [1.29, 1.82) is 0 Å². The van der Waals surface area contributed by atoms with Crippen molar-refractivity contribution >= 4 is 0 Å². The van der Waals surface area contributed by atoms with Gasteiger partial charge in [-0.25, -0.2) is 0 Å². The van der Waals surface area contributed by atoms with Crippen LogP contribution in [0.2, 0.25) is 0 Å². The van der Waals surface area contributed by atoms with E-state index in [1.807, 2.05) is 12.1 Å². The summed E-state index contributed by atoms with van der Waals surface area (Å²) in [5.74, 6) is 1.53. The monoisotopic (exact) mass is 255 g/mol. The standard InChI is InChI=1S/C16H17NO2/c1-18-14-8-7-11(9-15(14)19-2)16-13-6-4-3-5-12(13)10-17-16/h3-9,16-17H,10H2,1-2H3. The summed E-state index contributed by atoms with van der Waals surface area (Å²) >= 11 is 0. The van der Waals surface area contributed by atoms with Crippen molar-refractivity contribution in [2.75, 3.05) is 14.2 Å². The van der Waals surface area contributed by atoms with Crippen molar-refractivity contribution in [1.82, 2.24) is 5.32 Å². The fourth-order valence-corrected chi connectivity index (χ4v) is 2.63. The molecule has 3 nitrogen and oxygen atoms in total. The predicted molar refractivity (Wildman–Crippen MR) is 74.7 cm³/mol. The largest absolute Gasteiger partial charge is 0.493 e. The maximum Gasteiger partial charge on any atom is 0.161 e. The minimum atomic E-state index is 0.232. The summed E-state index contributed by atoms with van der Waals surface area (Å²) in [6, 6.07) is 14.8. The molecule has 0 aliphatic carbocycles. The number of ether oxygens (including phenoxy) is 2. The van der Waals surface area contributed by atoms with E-state index in [2.05, 4.69) is 35.6 Å². The number of methoxy groups -OCH3 is 2. The van der Waals surface area contributed by atoms with E-state index in [4.69, 9.17) is 9.47 Å². The zero-order valence-electron chi connectivity index (χ0n) is 11.1. The van der Waals surface area contributed by atoms with Crippen LogP contribution in [0.4, 0.5) is 0 Å². The number of hydrogen-bond donors (Lipinski definition) is 1. The third-order valence-electron chi connectivity index (χ3n) is 3.60. The molecule has 3 rings (SSSR count). The average Bonchev–Trinajstić information content (AvgIpc) is 2.90. The Balaban J connectivity index is 2.00. The highest BCUT2D eigenvalue weighted by atomic mass is 16.5. The van der Waals surface area contributed by atoms with Crippen LogP contribution in [0.1, 0.15) is 22.7 Å². The Kier molecular flexibility index (Phi) is 3.13. The maximum atomic E-state index is 5.37. The van der Waals surface area contributed by atoms with Crippen LogP contribution < -0.4 is 14.8 Å². The fraction of sp³-hybridized carbons (Fsp3) is 0.250. The lowest BCUT2D eigenvalue weighted by Gasteiger charge is -2.15. The van der Waals surface area contributed by atoms with Gasteiger partial charge in [-0.1, -0.05) is 30.3 Å². The molecule has 98 valence electrons. The van der Waals surface area contributed by atoms with Gasteiger partial charge in [0.25, 0.3) is 0 Å². The summed E-state index contributed by atoms with van der Waals surface area (Å²) in [6.07, 6.45) is 0. The number of rotatable bonds is 3. The van der Waals surface area contributed by atoms with Crippen LogP contribution in [0.5, 0.6) is 11.5 Å². The Labute approximate surface area is 113 Å². The quantitative estimate of drug-likeness (QED) is 0.914. The Morgan fingerprint density at radius 2 is 1.79 bits per heavy atom. The zero-order chi connectivity index (χ0) is 13.2. The van der Waals surface area contributed by atoms with Gasteiger partial charge in [0.05, 0.1) is 20.3 Å². The highest BCUT2D eigenvalue weighted by molar-refractivity contribution is 5.48. The zero-order valence-corrected chi connectivity index (χ0v) is 11.1. The van der Waals surface area contributed by atoms with Crippen molar-refractivity contribution in [3.8, 4) is 11.5 Å². The van der Waals surface area contributed by atoms with E-state index in [-0.39, 0.29) is 6.04 Å². The summed E-state index contributed by atoms with van der Waals surface area (Å²) in [6.45, 7) is 0.912. The lowest BCUT2D eigenvalue weighted by Crippen LogP contribution is -2.13. The first-order valence-electron chi connectivity index (χ1n) is 6.36. The van der Waals surface area contributed by atoms with Gasteiger partial charge >= 0.3 is 0 Å². The molecule has 0 saturated heterocycles. The van der Waals surface area contributed by atoms with E-state index < -0.39 is 0 Å². The second-order valence-corrected chi connectivity index (χ2v) is 4.63. The fourth-order valence-electron chi connectivity index (χ4n) is 2.63. The van der Waals surface area contributed by atoms with Crippen molar-refractivity contribution < 1.29 is 9.47 Å². The highest BCUT2D eigenvalue weighted by Crippen LogP contribution is 2.35. The second-order valence-electron chi connectivity index (χ2n) is 4.63. The minimum Gasteiger partial charge on any atom is -0.493 e. The maximum absolute atomic E-state index is 5.37. The summed E-state index contributed by atoms with van der Waals surface area (Å²) in [5.41, 5.74) is 3.90. The molecule has 1 aliphatic rings. The number of nitrogens with one attached hydrogen (secondary N) is 1. The Morgan fingerprint density at radius 1 is 1.00 bits per heavy atom. The van der Waals surface area contributed by atoms with Gasteiger partial charge in [-0.2, -0.15) is 0 Å². The molecule has 0 radical (unpaired) electrons. The lowest BCUT2D eigenvalue weighted by molar-refractivity contribution is 0.354. The number of hydrogen-bond acceptors (Lipinski definition) is 3. The van der Waals surface area contributed by atoms with Gasteiger partial charge in [0.1, 0.15) is 0 Å². The molecule has 0 bridgehead atoms. The number of benzene rings is 2. The first-order chi connectivity index (χ1) is 9.33. The van der Waals surface area contributed by atoms with Crippen LogP contribution in [0.3, 0.4) is 0 Å². The van der Waals surface area contributed by atoms with E-state index in [1.165, 1.54) is 16.7 Å². The van der Waals surface area contributed by atoms with Gasteiger partial charge in [-0.3, -0.25) is 0 Å². The average molecular weight is 255 g/mol. The SMILES string of the molecule is COc1ccc(C2NCc3ccccc32)cc1OC. The first-order valence-corrected chi connectivity index (χ1v) is 6.36. The van der Waals surface area contributed by atoms with Crippen molar-refractivity contribution in [3.05, 3.63) is 59.2 Å². The van der Waals surface area contributed by atoms with Crippen LogP contribution in [-0.2, 0) is 6.54 Å². The normalized spacial score (nSPS) is 17.1. The van der Waals surface area contributed by atoms with Gasteiger partial charge in [0, 0.05) is 6.54 Å². The molecule has 2 aromatic rings.